The number of hydrogen-bond donors (Lipinski definition) is 1. The minimum atomic E-state index is -3.41. The monoisotopic (exact) mass is 456 g/mol. The molecule has 0 aliphatic carbocycles. The summed E-state index contributed by atoms with van der Waals surface area (Å²) in [5, 5.41) is 2.96. The van der Waals surface area contributed by atoms with Crippen LogP contribution in [-0.2, 0) is 21.2 Å². The van der Waals surface area contributed by atoms with Gasteiger partial charge in [0.2, 0.25) is 5.91 Å². The van der Waals surface area contributed by atoms with Crippen molar-refractivity contribution < 1.29 is 13.2 Å². The lowest BCUT2D eigenvalue weighted by atomic mass is 10.1. The van der Waals surface area contributed by atoms with Gasteiger partial charge in [0.25, 0.3) is 10.0 Å². The second-order valence-electron chi connectivity index (χ2n) is 6.35. The lowest BCUT2D eigenvalue weighted by Crippen LogP contribution is -2.28. The summed E-state index contributed by atoms with van der Waals surface area (Å²) in [6.07, 6.45) is 2.00. The van der Waals surface area contributed by atoms with Crippen molar-refractivity contribution in [3.05, 3.63) is 51.3 Å². The minimum absolute atomic E-state index is 0.108. The molecule has 2 heterocycles. The first-order chi connectivity index (χ1) is 12.4. The number of sulfonamides is 1. The Hall–Kier alpha value is -1.22. The molecular formula is C18H21BrN2O3S2. The normalized spacial score (nSPS) is 16.5. The molecule has 0 saturated carbocycles. The highest BCUT2D eigenvalue weighted by molar-refractivity contribution is 9.10. The molecule has 0 bridgehead atoms. The van der Waals surface area contributed by atoms with Gasteiger partial charge in [-0.25, -0.2) is 8.42 Å². The SMILES string of the molecule is CC(NC(=O)Cc1ccc(S(=O)(=O)N2CCCC2)s1)c1ccc(Br)cc1. The van der Waals surface area contributed by atoms with Crippen molar-refractivity contribution in [2.24, 2.45) is 0 Å². The first-order valence-electron chi connectivity index (χ1n) is 8.50. The predicted molar refractivity (Wildman–Crippen MR) is 107 cm³/mol. The van der Waals surface area contributed by atoms with E-state index in [1.54, 1.807) is 12.1 Å². The largest absolute Gasteiger partial charge is 0.349 e. The molecule has 1 unspecified atom stereocenters. The Labute approximate surface area is 166 Å². The van der Waals surface area contributed by atoms with E-state index in [4.69, 9.17) is 0 Å². The number of rotatable bonds is 6. The zero-order chi connectivity index (χ0) is 18.7. The number of carbonyl (C=O) groups is 1. The van der Waals surface area contributed by atoms with Crippen LogP contribution in [0.3, 0.4) is 0 Å². The van der Waals surface area contributed by atoms with Gasteiger partial charge in [-0.1, -0.05) is 28.1 Å². The Balaban J connectivity index is 1.61. The van der Waals surface area contributed by atoms with E-state index in [1.807, 2.05) is 31.2 Å². The molecule has 1 atom stereocenters. The van der Waals surface area contributed by atoms with Crippen LogP contribution in [0.25, 0.3) is 0 Å². The van der Waals surface area contributed by atoms with Crippen molar-refractivity contribution in [3.8, 4) is 0 Å². The quantitative estimate of drug-likeness (QED) is 0.719. The highest BCUT2D eigenvalue weighted by atomic mass is 79.9. The number of hydrogen-bond acceptors (Lipinski definition) is 4. The smallest absolute Gasteiger partial charge is 0.252 e. The minimum Gasteiger partial charge on any atom is -0.349 e. The van der Waals surface area contributed by atoms with Gasteiger partial charge in [0.1, 0.15) is 4.21 Å². The van der Waals surface area contributed by atoms with Crippen molar-refractivity contribution in [1.82, 2.24) is 9.62 Å². The molecule has 1 aliphatic heterocycles. The molecule has 1 N–H and O–H groups in total. The summed E-state index contributed by atoms with van der Waals surface area (Å²) >= 11 is 4.58. The second-order valence-corrected chi connectivity index (χ2v) is 10.6. The maximum absolute atomic E-state index is 12.6. The average molecular weight is 457 g/mol. The van der Waals surface area contributed by atoms with Crippen LogP contribution >= 0.6 is 27.3 Å². The van der Waals surface area contributed by atoms with Gasteiger partial charge in [0.15, 0.2) is 0 Å². The van der Waals surface area contributed by atoms with Crippen LogP contribution in [0.15, 0.2) is 45.1 Å². The number of amides is 1. The molecule has 1 amide bonds. The van der Waals surface area contributed by atoms with Gasteiger partial charge in [0.05, 0.1) is 12.5 Å². The van der Waals surface area contributed by atoms with Crippen molar-refractivity contribution in [1.29, 1.82) is 0 Å². The fraction of sp³-hybridized carbons (Fsp3) is 0.389. The lowest BCUT2D eigenvalue weighted by molar-refractivity contribution is -0.121. The van der Waals surface area contributed by atoms with Gasteiger partial charge < -0.3 is 5.32 Å². The fourth-order valence-corrected chi connectivity index (χ4v) is 6.22. The zero-order valence-corrected chi connectivity index (χ0v) is 17.7. The number of nitrogens with zero attached hydrogens (tertiary/aromatic N) is 1. The van der Waals surface area contributed by atoms with Gasteiger partial charge in [-0.05, 0) is 49.6 Å². The van der Waals surface area contributed by atoms with E-state index < -0.39 is 10.0 Å². The van der Waals surface area contributed by atoms with E-state index in [2.05, 4.69) is 21.2 Å². The van der Waals surface area contributed by atoms with Crippen LogP contribution in [0.5, 0.6) is 0 Å². The van der Waals surface area contributed by atoms with E-state index in [1.165, 1.54) is 15.6 Å². The van der Waals surface area contributed by atoms with Crippen molar-refractivity contribution in [2.75, 3.05) is 13.1 Å². The maximum Gasteiger partial charge on any atom is 0.252 e. The van der Waals surface area contributed by atoms with Gasteiger partial charge in [0, 0.05) is 22.4 Å². The van der Waals surface area contributed by atoms with Crippen LogP contribution in [0.2, 0.25) is 0 Å². The summed E-state index contributed by atoms with van der Waals surface area (Å²) in [4.78, 5) is 13.1. The van der Waals surface area contributed by atoms with Crippen molar-refractivity contribution in [3.63, 3.8) is 0 Å². The van der Waals surface area contributed by atoms with E-state index in [0.717, 1.165) is 27.8 Å². The Morgan fingerprint density at radius 2 is 1.85 bits per heavy atom. The maximum atomic E-state index is 12.6. The summed E-state index contributed by atoms with van der Waals surface area (Å²) in [6, 6.07) is 11.0. The molecular weight excluding hydrogens is 436 g/mol. The van der Waals surface area contributed by atoms with Crippen LogP contribution in [0, 0.1) is 0 Å². The van der Waals surface area contributed by atoms with E-state index >= 15 is 0 Å². The van der Waals surface area contributed by atoms with Gasteiger partial charge in [-0.15, -0.1) is 11.3 Å². The van der Waals surface area contributed by atoms with Crippen LogP contribution in [0.4, 0.5) is 0 Å². The fourth-order valence-electron chi connectivity index (χ4n) is 2.93. The molecule has 1 saturated heterocycles. The van der Waals surface area contributed by atoms with Crippen LogP contribution in [-0.4, -0.2) is 31.7 Å². The Kier molecular flexibility index (Phi) is 6.17. The third-order valence-corrected chi connectivity index (χ3v) is 8.36. The molecule has 3 rings (SSSR count). The lowest BCUT2D eigenvalue weighted by Gasteiger charge is -2.14. The standard InChI is InChI=1S/C18H21BrN2O3S2/c1-13(14-4-6-15(19)7-5-14)20-17(22)12-16-8-9-18(25-16)26(23,24)21-10-2-3-11-21/h4-9,13H,2-3,10-12H2,1H3,(H,20,22). The predicted octanol–water partition coefficient (Wildman–Crippen LogP) is 3.72. The number of halogens is 1. The number of nitrogens with one attached hydrogen (secondary N) is 1. The first-order valence-corrected chi connectivity index (χ1v) is 11.5. The summed E-state index contributed by atoms with van der Waals surface area (Å²) in [6.45, 7) is 3.10. The number of carbonyl (C=O) groups excluding carboxylic acids is 1. The third kappa shape index (κ3) is 4.54. The highest BCUT2D eigenvalue weighted by Gasteiger charge is 2.28. The van der Waals surface area contributed by atoms with Crippen molar-refractivity contribution in [2.45, 2.75) is 36.4 Å². The van der Waals surface area contributed by atoms with E-state index in [9.17, 15) is 13.2 Å². The van der Waals surface area contributed by atoms with Crippen LogP contribution in [0.1, 0.15) is 36.2 Å². The third-order valence-electron chi connectivity index (χ3n) is 4.38. The molecule has 0 spiro atoms. The Bertz CT molecular complexity index is 872. The summed E-state index contributed by atoms with van der Waals surface area (Å²) in [5.74, 6) is -0.118. The average Bonchev–Trinajstić information content (AvgIpc) is 3.27. The first kappa shape index (κ1) is 19.5. The second kappa shape index (κ2) is 8.21. The van der Waals surface area contributed by atoms with E-state index in [0.29, 0.717) is 17.3 Å². The topological polar surface area (TPSA) is 66.5 Å². The molecule has 26 heavy (non-hydrogen) atoms. The molecule has 0 radical (unpaired) electrons. The molecule has 1 aromatic carbocycles. The van der Waals surface area contributed by atoms with Crippen molar-refractivity contribution >= 4 is 43.2 Å². The summed E-state index contributed by atoms with van der Waals surface area (Å²) < 4.78 is 28.0. The number of thiophene rings is 1. The molecule has 1 aromatic heterocycles. The molecule has 2 aromatic rings. The van der Waals surface area contributed by atoms with Gasteiger partial charge >= 0.3 is 0 Å². The molecule has 8 heteroatoms. The summed E-state index contributed by atoms with van der Waals surface area (Å²) in [7, 11) is -3.41. The number of benzene rings is 1. The molecule has 140 valence electrons. The zero-order valence-electron chi connectivity index (χ0n) is 14.4. The van der Waals surface area contributed by atoms with E-state index in [-0.39, 0.29) is 18.4 Å². The highest BCUT2D eigenvalue weighted by Crippen LogP contribution is 2.27. The van der Waals surface area contributed by atoms with Gasteiger partial charge in [-0.3, -0.25) is 4.79 Å². The molecule has 1 fully saturated rings. The summed E-state index contributed by atoms with van der Waals surface area (Å²) in [5.41, 5.74) is 1.02. The van der Waals surface area contributed by atoms with Crippen LogP contribution < -0.4 is 5.32 Å². The van der Waals surface area contributed by atoms with Gasteiger partial charge in [-0.2, -0.15) is 4.31 Å². The Morgan fingerprint density at radius 1 is 1.19 bits per heavy atom. The Morgan fingerprint density at radius 3 is 2.50 bits per heavy atom. The molecule has 5 nitrogen and oxygen atoms in total. The molecule has 1 aliphatic rings.